The van der Waals surface area contributed by atoms with Crippen LogP contribution in [0.3, 0.4) is 0 Å². The van der Waals surface area contributed by atoms with Gasteiger partial charge in [0, 0.05) is 11.5 Å². The normalized spacial score (nSPS) is 24.2. The second-order valence-electron chi connectivity index (χ2n) is 5.27. The maximum atomic E-state index is 12.6. The number of ketones is 1. The van der Waals surface area contributed by atoms with Gasteiger partial charge in [-0.2, -0.15) is 13.2 Å². The molecule has 0 spiro atoms. The lowest BCUT2D eigenvalue weighted by atomic mass is 9.78. The van der Waals surface area contributed by atoms with Gasteiger partial charge in [0.2, 0.25) is 0 Å². The summed E-state index contributed by atoms with van der Waals surface area (Å²) in [6.45, 7) is 1.86. The Labute approximate surface area is 110 Å². The van der Waals surface area contributed by atoms with Gasteiger partial charge in [-0.15, -0.1) is 0 Å². The summed E-state index contributed by atoms with van der Waals surface area (Å²) in [5.41, 5.74) is 1.54. The van der Waals surface area contributed by atoms with Crippen molar-refractivity contribution in [2.45, 2.75) is 38.8 Å². The fourth-order valence-electron chi connectivity index (χ4n) is 2.75. The predicted molar refractivity (Wildman–Crippen MR) is 67.0 cm³/mol. The van der Waals surface area contributed by atoms with E-state index in [-0.39, 0.29) is 24.5 Å². The number of alkyl halides is 3. The van der Waals surface area contributed by atoms with Crippen molar-refractivity contribution in [2.75, 3.05) is 0 Å². The highest BCUT2D eigenvalue weighted by molar-refractivity contribution is 5.99. The zero-order chi connectivity index (χ0) is 14.0. The molecule has 1 aliphatic carbocycles. The molecule has 1 aromatic rings. The van der Waals surface area contributed by atoms with Crippen LogP contribution >= 0.6 is 0 Å². The third kappa shape index (κ3) is 3.17. The van der Waals surface area contributed by atoms with Gasteiger partial charge in [0.15, 0.2) is 5.78 Å². The van der Waals surface area contributed by atoms with E-state index in [0.717, 1.165) is 5.56 Å². The van der Waals surface area contributed by atoms with Gasteiger partial charge in [-0.05, 0) is 38.2 Å². The summed E-state index contributed by atoms with van der Waals surface area (Å²) in [6, 6.07) is 7.26. The Morgan fingerprint density at radius 3 is 2.21 bits per heavy atom. The maximum absolute atomic E-state index is 12.6. The summed E-state index contributed by atoms with van der Waals surface area (Å²) in [4.78, 5) is 12.3. The van der Waals surface area contributed by atoms with Crippen molar-refractivity contribution in [2.24, 2.45) is 11.8 Å². The molecule has 2 rings (SSSR count). The lowest BCUT2D eigenvalue weighted by Crippen LogP contribution is -2.30. The molecule has 1 fully saturated rings. The van der Waals surface area contributed by atoms with E-state index < -0.39 is 12.1 Å². The topological polar surface area (TPSA) is 17.1 Å². The molecule has 104 valence electrons. The fraction of sp³-hybridized carbons (Fsp3) is 0.533. The molecule has 0 bridgehead atoms. The van der Waals surface area contributed by atoms with E-state index in [4.69, 9.17) is 0 Å². The first kappa shape index (κ1) is 14.1. The number of halogens is 3. The first-order chi connectivity index (χ1) is 8.89. The van der Waals surface area contributed by atoms with Crippen molar-refractivity contribution in [1.29, 1.82) is 0 Å². The van der Waals surface area contributed by atoms with Gasteiger partial charge in [0.25, 0.3) is 0 Å². The molecule has 1 nitrogen and oxygen atoms in total. The number of aryl methyl sites for hydroxylation is 1. The minimum atomic E-state index is -4.11. The highest BCUT2D eigenvalue weighted by atomic mass is 19.4. The molecular formula is C15H17F3O. The van der Waals surface area contributed by atoms with E-state index in [2.05, 4.69) is 0 Å². The molecule has 0 aliphatic heterocycles. The Balaban J connectivity index is 2.03. The summed E-state index contributed by atoms with van der Waals surface area (Å²) in [5.74, 6) is -1.48. The zero-order valence-corrected chi connectivity index (χ0v) is 10.8. The largest absolute Gasteiger partial charge is 0.391 e. The number of carbonyl (C=O) groups is 1. The smallest absolute Gasteiger partial charge is 0.294 e. The van der Waals surface area contributed by atoms with Gasteiger partial charge in [-0.1, -0.05) is 24.3 Å². The van der Waals surface area contributed by atoms with E-state index in [1.54, 1.807) is 12.1 Å². The van der Waals surface area contributed by atoms with E-state index >= 15 is 0 Å². The molecule has 1 aromatic carbocycles. The van der Waals surface area contributed by atoms with Crippen molar-refractivity contribution in [1.82, 2.24) is 0 Å². The predicted octanol–water partition coefficient (Wildman–Crippen LogP) is 4.55. The van der Waals surface area contributed by atoms with E-state index in [0.29, 0.717) is 18.4 Å². The number of hydrogen-bond donors (Lipinski definition) is 0. The summed E-state index contributed by atoms with van der Waals surface area (Å²) in [5, 5.41) is 0. The highest BCUT2D eigenvalue weighted by Gasteiger charge is 2.42. The van der Waals surface area contributed by atoms with Crippen molar-refractivity contribution in [3.05, 3.63) is 35.4 Å². The maximum Gasteiger partial charge on any atom is 0.391 e. The average molecular weight is 270 g/mol. The Morgan fingerprint density at radius 2 is 1.68 bits per heavy atom. The molecule has 1 aliphatic rings. The Hall–Kier alpha value is -1.32. The van der Waals surface area contributed by atoms with Gasteiger partial charge >= 0.3 is 6.18 Å². The molecular weight excluding hydrogens is 253 g/mol. The summed E-state index contributed by atoms with van der Waals surface area (Å²) in [6.07, 6.45) is -3.27. The van der Waals surface area contributed by atoms with Crippen LogP contribution < -0.4 is 0 Å². The fourth-order valence-corrected chi connectivity index (χ4v) is 2.75. The molecule has 0 saturated heterocycles. The van der Waals surface area contributed by atoms with Crippen LogP contribution in [0.1, 0.15) is 41.6 Å². The van der Waals surface area contributed by atoms with Crippen LogP contribution in [0.15, 0.2) is 24.3 Å². The number of carbonyl (C=O) groups excluding carboxylic acids is 1. The van der Waals surface area contributed by atoms with Crippen LogP contribution in [0.5, 0.6) is 0 Å². The lowest BCUT2D eigenvalue weighted by Gasteiger charge is -2.29. The van der Waals surface area contributed by atoms with Crippen LogP contribution in [0.25, 0.3) is 0 Å². The van der Waals surface area contributed by atoms with Gasteiger partial charge in [0.1, 0.15) is 0 Å². The second kappa shape index (κ2) is 5.35. The minimum absolute atomic E-state index is 0.00118. The SMILES string of the molecule is Cc1ccccc1C(=O)C1CCC(C(F)(F)F)CC1. The van der Waals surface area contributed by atoms with Gasteiger partial charge in [-0.25, -0.2) is 0 Å². The first-order valence-electron chi connectivity index (χ1n) is 6.56. The van der Waals surface area contributed by atoms with E-state index in [1.165, 1.54) is 0 Å². The Kier molecular flexibility index (Phi) is 3.97. The third-order valence-electron chi connectivity index (χ3n) is 3.97. The van der Waals surface area contributed by atoms with Crippen molar-refractivity contribution >= 4 is 5.78 Å². The van der Waals surface area contributed by atoms with E-state index in [1.807, 2.05) is 19.1 Å². The van der Waals surface area contributed by atoms with Crippen LogP contribution in [-0.2, 0) is 0 Å². The third-order valence-corrected chi connectivity index (χ3v) is 3.97. The molecule has 1 saturated carbocycles. The number of benzene rings is 1. The van der Waals surface area contributed by atoms with Crippen LogP contribution in [0.2, 0.25) is 0 Å². The second-order valence-corrected chi connectivity index (χ2v) is 5.27. The lowest BCUT2D eigenvalue weighted by molar-refractivity contribution is -0.183. The number of hydrogen-bond acceptors (Lipinski definition) is 1. The monoisotopic (exact) mass is 270 g/mol. The standard InChI is InChI=1S/C15H17F3O/c1-10-4-2-3-5-13(10)14(19)11-6-8-12(9-7-11)15(16,17)18/h2-5,11-12H,6-9H2,1H3. The van der Waals surface area contributed by atoms with Crippen molar-refractivity contribution in [3.63, 3.8) is 0 Å². The van der Waals surface area contributed by atoms with E-state index in [9.17, 15) is 18.0 Å². The number of rotatable bonds is 2. The summed E-state index contributed by atoms with van der Waals surface area (Å²) < 4.78 is 37.7. The van der Waals surface area contributed by atoms with Crippen molar-refractivity contribution in [3.8, 4) is 0 Å². The Morgan fingerprint density at radius 1 is 1.11 bits per heavy atom. The Bertz CT molecular complexity index is 457. The van der Waals surface area contributed by atoms with Gasteiger partial charge in [0.05, 0.1) is 5.92 Å². The minimum Gasteiger partial charge on any atom is -0.294 e. The molecule has 0 radical (unpaired) electrons. The quantitative estimate of drug-likeness (QED) is 0.721. The van der Waals surface area contributed by atoms with Gasteiger partial charge < -0.3 is 0 Å². The molecule has 0 aromatic heterocycles. The zero-order valence-electron chi connectivity index (χ0n) is 10.8. The molecule has 0 unspecified atom stereocenters. The molecule has 4 heteroatoms. The van der Waals surface area contributed by atoms with Crippen LogP contribution in [0.4, 0.5) is 13.2 Å². The van der Waals surface area contributed by atoms with Crippen molar-refractivity contribution < 1.29 is 18.0 Å². The van der Waals surface area contributed by atoms with Gasteiger partial charge in [-0.3, -0.25) is 4.79 Å². The highest BCUT2D eigenvalue weighted by Crippen LogP contribution is 2.40. The molecule has 0 atom stereocenters. The number of Topliss-reactive ketones (excluding diaryl/α,β-unsaturated/α-hetero) is 1. The summed E-state index contributed by atoms with van der Waals surface area (Å²) in [7, 11) is 0. The molecule has 19 heavy (non-hydrogen) atoms. The average Bonchev–Trinajstić information content (AvgIpc) is 2.38. The van der Waals surface area contributed by atoms with Crippen LogP contribution in [-0.4, -0.2) is 12.0 Å². The van der Waals surface area contributed by atoms with Crippen LogP contribution in [0, 0.1) is 18.8 Å². The first-order valence-corrected chi connectivity index (χ1v) is 6.56. The molecule has 0 heterocycles. The molecule has 0 N–H and O–H groups in total. The summed E-state index contributed by atoms with van der Waals surface area (Å²) >= 11 is 0. The molecule has 0 amide bonds.